The zero-order valence-corrected chi connectivity index (χ0v) is 24.6. The zero-order chi connectivity index (χ0) is 27.0. The number of methoxy groups -OCH3 is 1. The van der Waals surface area contributed by atoms with Crippen LogP contribution >= 0.6 is 7.26 Å². The highest BCUT2D eigenvalue weighted by molar-refractivity contribution is 7.75. The van der Waals surface area contributed by atoms with Crippen molar-refractivity contribution in [1.82, 2.24) is 15.2 Å². The van der Waals surface area contributed by atoms with Crippen LogP contribution in [0.15, 0.2) is 10.7 Å². The molecule has 3 atom stereocenters. The molecule has 1 heterocycles. The van der Waals surface area contributed by atoms with Crippen LogP contribution in [-0.2, 0) is 22.1 Å². The molecule has 0 radical (unpaired) electrons. The van der Waals surface area contributed by atoms with Gasteiger partial charge in [0.05, 0.1) is 31.1 Å². The number of carbonyl (C=O) groups is 1. The van der Waals surface area contributed by atoms with Crippen molar-refractivity contribution in [2.24, 2.45) is 0 Å². The summed E-state index contributed by atoms with van der Waals surface area (Å²) in [5.74, 6) is 0.114. The van der Waals surface area contributed by atoms with Gasteiger partial charge < -0.3 is 29.6 Å². The fourth-order valence-corrected chi connectivity index (χ4v) is 9.52. The molecular weight excluding hydrogens is 477 g/mol. The number of hydrogen-bond donors (Lipinski definition) is 3. The summed E-state index contributed by atoms with van der Waals surface area (Å²) in [5.41, 5.74) is 1.08. The number of aliphatic hydroxyl groups is 2. The molecular formula is C27H53N3O5P+. The second-order valence-corrected chi connectivity index (χ2v) is 14.6. The third-order valence-electron chi connectivity index (χ3n) is 6.91. The molecule has 8 nitrogen and oxygen atoms in total. The number of ether oxygens (including phenoxy) is 1. The van der Waals surface area contributed by atoms with Gasteiger partial charge in [0.15, 0.2) is 12.0 Å². The van der Waals surface area contributed by atoms with Crippen LogP contribution in [0.2, 0.25) is 0 Å². The number of oxazole rings is 1. The van der Waals surface area contributed by atoms with E-state index in [1.165, 1.54) is 64.1 Å². The summed E-state index contributed by atoms with van der Waals surface area (Å²) >= 11 is 0. The molecule has 9 heteroatoms. The van der Waals surface area contributed by atoms with Crippen molar-refractivity contribution >= 4 is 13.2 Å². The van der Waals surface area contributed by atoms with Crippen LogP contribution in [0, 0.1) is 0 Å². The number of nitrogens with one attached hydrogen (secondary N) is 1. The van der Waals surface area contributed by atoms with E-state index in [4.69, 9.17) is 14.1 Å². The maximum atomic E-state index is 12.3. The minimum absolute atomic E-state index is 0.212. The lowest BCUT2D eigenvalue weighted by Crippen LogP contribution is -2.53. The largest absolute Gasteiger partial charge is 0.449 e. The predicted octanol–water partition coefficient (Wildman–Crippen LogP) is 3.94. The number of amides is 1. The summed E-state index contributed by atoms with van der Waals surface area (Å²) in [7, 11) is 3.98. The Bertz CT molecular complexity index is 694. The van der Waals surface area contributed by atoms with E-state index in [2.05, 4.69) is 26.1 Å². The minimum atomic E-state index is -1.52. The van der Waals surface area contributed by atoms with Gasteiger partial charge in [-0.3, -0.25) is 4.79 Å². The summed E-state index contributed by atoms with van der Waals surface area (Å²) in [4.78, 5) is 18.9. The van der Waals surface area contributed by atoms with Crippen molar-refractivity contribution < 1.29 is 24.2 Å². The van der Waals surface area contributed by atoms with Gasteiger partial charge in [-0.05, 0) is 39.8 Å². The molecule has 0 aliphatic rings. The molecule has 3 N–H and O–H groups in total. The molecule has 1 amide bonds. The van der Waals surface area contributed by atoms with Gasteiger partial charge in [-0.15, -0.1) is 0 Å². The molecule has 1 rings (SSSR count). The summed E-state index contributed by atoms with van der Waals surface area (Å²) < 4.78 is 10.9. The Balaban J connectivity index is 2.62. The fourth-order valence-electron chi connectivity index (χ4n) is 4.58. The SMILES string of the molecule is CCCC[P+](CCCC)(CCCC)Cc1coc(CCCNC(=O)[C@@H](O)[C@@H](O)[C@H](COC)N(C)C)n1. The lowest BCUT2D eigenvalue weighted by Gasteiger charge is -2.30. The standard InChI is InChI=1S/C27H52N3O5P/c1-7-10-16-36(17-11-8-2,18-12-9-3)21-22-19-35-24(29-22)14-13-15-28-27(33)26(32)25(31)23(20-34-6)30(4)5/h19,23,25-26,31-32H,7-18,20-21H2,1-6H3/p+1/t23-,25-,26-/m0/s1. The number of carbonyl (C=O) groups excluding carboxylic acids is 1. The minimum Gasteiger partial charge on any atom is -0.449 e. The van der Waals surface area contributed by atoms with Crippen molar-refractivity contribution in [3.63, 3.8) is 0 Å². The second kappa shape index (κ2) is 18.2. The summed E-state index contributed by atoms with van der Waals surface area (Å²) in [5, 5.41) is 23.4. The normalized spacial score (nSPS) is 14.7. The number of aryl methyl sites for hydroxylation is 1. The van der Waals surface area contributed by atoms with E-state index in [0.29, 0.717) is 25.3 Å². The van der Waals surface area contributed by atoms with E-state index in [0.717, 1.165) is 11.9 Å². The van der Waals surface area contributed by atoms with E-state index in [-0.39, 0.29) is 6.61 Å². The van der Waals surface area contributed by atoms with Gasteiger partial charge in [-0.2, -0.15) is 0 Å². The van der Waals surface area contributed by atoms with Crippen LogP contribution in [0.5, 0.6) is 0 Å². The fraction of sp³-hybridized carbons (Fsp3) is 0.852. The number of rotatable bonds is 21. The topological polar surface area (TPSA) is 108 Å². The van der Waals surface area contributed by atoms with Gasteiger partial charge in [0.25, 0.3) is 5.91 Å². The number of unbranched alkanes of at least 4 members (excludes halogenated alkanes) is 3. The lowest BCUT2D eigenvalue weighted by atomic mass is 10.0. The van der Waals surface area contributed by atoms with Gasteiger partial charge in [-0.1, -0.05) is 40.0 Å². The molecule has 1 aromatic heterocycles. The molecule has 0 saturated carbocycles. The lowest BCUT2D eigenvalue weighted by molar-refractivity contribution is -0.139. The van der Waals surface area contributed by atoms with E-state index in [1.807, 2.05) is 6.26 Å². The van der Waals surface area contributed by atoms with Crippen LogP contribution in [0.3, 0.4) is 0 Å². The average Bonchev–Trinajstić information content (AvgIpc) is 3.31. The molecule has 210 valence electrons. The molecule has 0 fully saturated rings. The van der Waals surface area contributed by atoms with Crippen LogP contribution in [-0.4, -0.2) is 97.1 Å². The second-order valence-electron chi connectivity index (χ2n) is 10.3. The third kappa shape index (κ3) is 11.6. The first-order valence-electron chi connectivity index (χ1n) is 13.8. The molecule has 1 aromatic rings. The first kappa shape index (κ1) is 33.0. The Morgan fingerprint density at radius 1 is 1.08 bits per heavy atom. The molecule has 0 saturated heterocycles. The van der Waals surface area contributed by atoms with Crippen LogP contribution in [0.25, 0.3) is 0 Å². The first-order chi connectivity index (χ1) is 17.2. The zero-order valence-electron chi connectivity index (χ0n) is 23.7. The highest BCUT2D eigenvalue weighted by Gasteiger charge is 2.37. The van der Waals surface area contributed by atoms with Gasteiger partial charge in [0.1, 0.15) is 24.2 Å². The Kier molecular flexibility index (Phi) is 16.7. The van der Waals surface area contributed by atoms with Crippen molar-refractivity contribution in [3.05, 3.63) is 17.8 Å². The molecule has 36 heavy (non-hydrogen) atoms. The molecule has 0 aliphatic carbocycles. The number of aromatic nitrogens is 1. The van der Waals surface area contributed by atoms with E-state index >= 15 is 0 Å². The molecule has 0 aromatic carbocycles. The first-order valence-corrected chi connectivity index (χ1v) is 16.3. The van der Waals surface area contributed by atoms with Crippen molar-refractivity contribution in [1.29, 1.82) is 0 Å². The average molecular weight is 531 g/mol. The number of likely N-dealkylation sites (N-methyl/N-ethyl adjacent to an activating group) is 1. The van der Waals surface area contributed by atoms with Crippen LogP contribution in [0.4, 0.5) is 0 Å². The smallest absolute Gasteiger partial charge is 0.251 e. The Morgan fingerprint density at radius 3 is 2.17 bits per heavy atom. The van der Waals surface area contributed by atoms with Gasteiger partial charge >= 0.3 is 0 Å². The molecule has 0 unspecified atom stereocenters. The maximum absolute atomic E-state index is 12.3. The Labute approximate surface area is 219 Å². The number of nitrogens with zero attached hydrogens (tertiary/aromatic N) is 2. The van der Waals surface area contributed by atoms with Crippen molar-refractivity contribution in [3.8, 4) is 0 Å². The van der Waals surface area contributed by atoms with E-state index in [1.54, 1.807) is 19.0 Å². The Morgan fingerprint density at radius 2 is 1.67 bits per heavy atom. The predicted molar refractivity (Wildman–Crippen MR) is 149 cm³/mol. The number of hydrogen-bond acceptors (Lipinski definition) is 7. The Hall–Kier alpha value is -1.05. The summed E-state index contributed by atoms with van der Waals surface area (Å²) in [6.07, 6.45) is 13.1. The summed E-state index contributed by atoms with van der Waals surface area (Å²) in [6.45, 7) is 7.42. The van der Waals surface area contributed by atoms with Crippen molar-refractivity contribution in [2.75, 3.05) is 52.8 Å². The monoisotopic (exact) mass is 530 g/mol. The third-order valence-corrected chi connectivity index (χ3v) is 11.7. The molecule has 0 bridgehead atoms. The van der Waals surface area contributed by atoms with Crippen LogP contribution in [0.1, 0.15) is 77.3 Å². The van der Waals surface area contributed by atoms with Gasteiger partial charge in [-0.25, -0.2) is 4.98 Å². The number of aliphatic hydroxyl groups excluding tert-OH is 2. The molecule has 0 spiro atoms. The van der Waals surface area contributed by atoms with E-state index < -0.39 is 31.4 Å². The van der Waals surface area contributed by atoms with Crippen molar-refractivity contribution in [2.45, 2.75) is 96.5 Å². The maximum Gasteiger partial charge on any atom is 0.251 e. The van der Waals surface area contributed by atoms with Gasteiger partial charge in [0, 0.05) is 27.3 Å². The highest BCUT2D eigenvalue weighted by atomic mass is 31.2. The highest BCUT2D eigenvalue weighted by Crippen LogP contribution is 2.63. The molecule has 0 aliphatic heterocycles. The van der Waals surface area contributed by atoms with Crippen LogP contribution < -0.4 is 5.32 Å². The van der Waals surface area contributed by atoms with E-state index in [9.17, 15) is 15.0 Å². The quantitative estimate of drug-likeness (QED) is 0.163. The summed E-state index contributed by atoms with van der Waals surface area (Å²) in [6, 6.07) is -0.483. The van der Waals surface area contributed by atoms with Gasteiger partial charge in [0.2, 0.25) is 0 Å².